The van der Waals surface area contributed by atoms with Gasteiger partial charge < -0.3 is 23.2 Å². The van der Waals surface area contributed by atoms with Crippen molar-refractivity contribution in [3.63, 3.8) is 0 Å². The molecule has 62 heavy (non-hydrogen) atoms. The molecule has 0 saturated carbocycles. The quantitative estimate of drug-likeness (QED) is 0.148. The number of fused-ring (bicyclic) bond motifs is 9. The van der Waals surface area contributed by atoms with Gasteiger partial charge in [-0.05, 0) is 47.2 Å². The first-order valence-electron chi connectivity index (χ1n) is 19.1. The predicted molar refractivity (Wildman–Crippen MR) is 229 cm³/mol. The minimum Gasteiger partial charge on any atom is -0.509 e. The molecule has 12 heteroatoms. The smallest absolute Gasteiger partial charge is 0.509 e. The molecule has 0 saturated heterocycles. The number of hydrogen-bond acceptors (Lipinski definition) is 6. The largest absolute Gasteiger partial charge is 2.00 e. The Hall–Kier alpha value is -6.99. The van der Waals surface area contributed by atoms with Crippen molar-refractivity contribution < 1.29 is 56.0 Å². The van der Waals surface area contributed by atoms with Crippen LogP contribution in [0.4, 0.5) is 4.39 Å². The number of nitrogens with zero attached hydrogens (tertiary/aromatic N) is 7. The summed E-state index contributed by atoms with van der Waals surface area (Å²) in [5.74, 6) is 3.11. The number of benzene rings is 6. The summed E-state index contributed by atoms with van der Waals surface area (Å²) in [6.45, 7) is 0. The molecule has 12 rings (SSSR count). The molecule has 0 amide bonds. The molecule has 0 unspecified atom stereocenters. The molecule has 0 spiro atoms. The molecule has 0 radical (unpaired) electrons. The van der Waals surface area contributed by atoms with Crippen LogP contribution in [0.15, 0.2) is 158 Å². The number of pyridine rings is 2. The van der Waals surface area contributed by atoms with Gasteiger partial charge in [-0.15, -0.1) is 59.3 Å². The maximum absolute atomic E-state index is 14.2. The van der Waals surface area contributed by atoms with Crippen molar-refractivity contribution in [2.75, 3.05) is 0 Å². The summed E-state index contributed by atoms with van der Waals surface area (Å²) in [5, 5.41) is 5.91. The topological polar surface area (TPSA) is 84.8 Å². The van der Waals surface area contributed by atoms with Gasteiger partial charge in [0.1, 0.15) is 11.6 Å². The average Bonchev–Trinajstić information content (AvgIpc) is 3.92. The van der Waals surface area contributed by atoms with Crippen LogP contribution in [0.2, 0.25) is 0 Å². The average molecular weight is 1170 g/mol. The fourth-order valence-electron chi connectivity index (χ4n) is 8.12. The molecule has 300 valence electrons. The van der Waals surface area contributed by atoms with E-state index in [-0.39, 0.29) is 48.1 Å². The second-order valence-electron chi connectivity index (χ2n) is 14.2. The van der Waals surface area contributed by atoms with Crippen molar-refractivity contribution in [3.05, 3.63) is 188 Å². The molecule has 6 aromatic heterocycles. The number of rotatable bonds is 7. The molecule has 9 nitrogen and oxygen atoms in total. The van der Waals surface area contributed by atoms with Gasteiger partial charge in [0.15, 0.2) is 5.82 Å². The summed E-state index contributed by atoms with van der Waals surface area (Å²) in [7, 11) is 0. The number of hydrogen-bond donors (Lipinski definition) is 0. The standard InChI is InChI=1S/C50H26FN7O2.2Pt/c51-31-29-54-50(55-30-31)58-46-27-34(59-32-15-19-38-36-9-1-3-11-42(36)56(44(38)25-32)48-13-5-7-23-52-48)17-21-40(46)41-22-18-35(28-47(41)58)60-33-16-20-39-37-10-2-4-12-43(37)57(45(39)26-33)49-14-6-8-24-53-49;;/h1-24,29-30H;;/q-4;2*+2. The van der Waals surface area contributed by atoms with Gasteiger partial charge in [-0.1, -0.05) is 70.6 Å². The third kappa shape index (κ3) is 6.46. The Morgan fingerprint density at radius 1 is 0.387 bits per heavy atom. The van der Waals surface area contributed by atoms with E-state index in [1.807, 2.05) is 109 Å². The Labute approximate surface area is 381 Å². The van der Waals surface area contributed by atoms with E-state index in [0.29, 0.717) is 34.0 Å². The molecule has 0 aliphatic heterocycles. The third-order valence-electron chi connectivity index (χ3n) is 10.7. The molecule has 12 aromatic rings. The van der Waals surface area contributed by atoms with E-state index >= 15 is 0 Å². The second-order valence-corrected chi connectivity index (χ2v) is 14.2. The Balaban J connectivity index is 0.00000229. The van der Waals surface area contributed by atoms with Gasteiger partial charge in [0, 0.05) is 46.4 Å². The SMILES string of the molecule is Fc1cnc(-n2c3[c-]c(Oc4[c-]c5c(cc4)c4ccccc4n5-c4ccccn4)ccc3c3ccc(Oc4[c-]c5c(cc4)c4ccccc4n5-c4ccccn4)[c-]c32)nc1.[Pt+2].[Pt+2]. The second kappa shape index (κ2) is 15.8. The van der Waals surface area contributed by atoms with Crippen molar-refractivity contribution in [2.24, 2.45) is 0 Å². The van der Waals surface area contributed by atoms with Crippen molar-refractivity contribution in [1.29, 1.82) is 0 Å². The Kier molecular flexibility index (Phi) is 9.98. The number of ether oxygens (including phenoxy) is 2. The van der Waals surface area contributed by atoms with Crippen LogP contribution in [-0.4, -0.2) is 33.6 Å². The number of para-hydroxylation sites is 2. The van der Waals surface area contributed by atoms with E-state index < -0.39 is 5.82 Å². The molecule has 0 N–H and O–H groups in total. The molecule has 0 aliphatic rings. The van der Waals surface area contributed by atoms with Crippen LogP contribution in [0, 0.1) is 30.1 Å². The maximum atomic E-state index is 14.2. The van der Waals surface area contributed by atoms with Gasteiger partial charge in [0.05, 0.1) is 12.4 Å². The Morgan fingerprint density at radius 3 is 1.16 bits per heavy atom. The van der Waals surface area contributed by atoms with Gasteiger partial charge in [0.25, 0.3) is 0 Å². The molecule has 0 bridgehead atoms. The molecular formula is C50H26FN7O2Pt2. The van der Waals surface area contributed by atoms with Crippen LogP contribution in [0.5, 0.6) is 23.0 Å². The summed E-state index contributed by atoms with van der Waals surface area (Å²) < 4.78 is 33.1. The molecule has 6 aromatic carbocycles. The van der Waals surface area contributed by atoms with Gasteiger partial charge >= 0.3 is 42.1 Å². The predicted octanol–water partition coefficient (Wildman–Crippen LogP) is 11.5. The first-order chi connectivity index (χ1) is 29.6. The Bertz CT molecular complexity index is 3410. The van der Waals surface area contributed by atoms with E-state index in [9.17, 15) is 4.39 Å². The normalized spacial score (nSPS) is 11.4. The van der Waals surface area contributed by atoms with Crippen LogP contribution in [0.25, 0.3) is 83.0 Å². The van der Waals surface area contributed by atoms with Crippen LogP contribution in [0.1, 0.15) is 0 Å². The fraction of sp³-hybridized carbons (Fsp3) is 0. The van der Waals surface area contributed by atoms with E-state index in [2.05, 4.69) is 77.6 Å². The summed E-state index contributed by atoms with van der Waals surface area (Å²) in [6.07, 6.45) is 5.82. The van der Waals surface area contributed by atoms with Gasteiger partial charge in [-0.3, -0.25) is 0 Å². The summed E-state index contributed by atoms with van der Waals surface area (Å²) >= 11 is 0. The zero-order chi connectivity index (χ0) is 39.7. The molecule has 0 fully saturated rings. The molecule has 0 atom stereocenters. The van der Waals surface area contributed by atoms with Crippen molar-refractivity contribution in [3.8, 4) is 40.6 Å². The van der Waals surface area contributed by atoms with E-state index in [1.165, 1.54) is 0 Å². The summed E-state index contributed by atoms with van der Waals surface area (Å²) in [4.78, 5) is 18.0. The van der Waals surface area contributed by atoms with Crippen molar-refractivity contribution in [1.82, 2.24) is 33.6 Å². The van der Waals surface area contributed by atoms with Crippen molar-refractivity contribution >= 4 is 65.4 Å². The zero-order valence-electron chi connectivity index (χ0n) is 32.0. The van der Waals surface area contributed by atoms with Gasteiger partial charge in [-0.25, -0.2) is 24.3 Å². The van der Waals surface area contributed by atoms with Gasteiger partial charge in [0.2, 0.25) is 5.95 Å². The minimum absolute atomic E-state index is 0. The van der Waals surface area contributed by atoms with E-state index in [4.69, 9.17) is 9.47 Å². The van der Waals surface area contributed by atoms with Crippen LogP contribution < -0.4 is 9.47 Å². The van der Waals surface area contributed by atoms with Crippen LogP contribution in [0.3, 0.4) is 0 Å². The summed E-state index contributed by atoms with van der Waals surface area (Å²) in [5.41, 5.74) is 4.92. The monoisotopic (exact) mass is 1170 g/mol. The van der Waals surface area contributed by atoms with Gasteiger partial charge in [-0.2, -0.15) is 35.0 Å². The molecular weight excluding hydrogens is 1140 g/mol. The fourth-order valence-corrected chi connectivity index (χ4v) is 8.12. The maximum Gasteiger partial charge on any atom is 2.00 e. The van der Waals surface area contributed by atoms with Crippen molar-refractivity contribution in [2.45, 2.75) is 0 Å². The van der Waals surface area contributed by atoms with Crippen LogP contribution >= 0.6 is 0 Å². The van der Waals surface area contributed by atoms with E-state index in [1.54, 1.807) is 17.0 Å². The van der Waals surface area contributed by atoms with E-state index in [0.717, 1.165) is 78.4 Å². The third-order valence-corrected chi connectivity index (χ3v) is 10.7. The summed E-state index contributed by atoms with van der Waals surface area (Å²) in [6, 6.07) is 57.5. The molecule has 6 heterocycles. The first kappa shape index (κ1) is 39.2. The first-order valence-corrected chi connectivity index (χ1v) is 19.1. The number of aromatic nitrogens is 7. The van der Waals surface area contributed by atoms with Crippen LogP contribution in [-0.2, 0) is 42.1 Å². The minimum atomic E-state index is -0.552. The molecule has 0 aliphatic carbocycles. The zero-order valence-corrected chi connectivity index (χ0v) is 36.5. The Morgan fingerprint density at radius 2 is 0.758 bits per heavy atom. The number of halogens is 1.